The number of rotatable bonds is 3. The molecule has 1 saturated heterocycles. The maximum absolute atomic E-state index is 11.3. The summed E-state index contributed by atoms with van der Waals surface area (Å²) in [5.74, 6) is -1.05. The molecular weight excluding hydrogens is 246 g/mol. The molecule has 2 aromatic rings. The van der Waals surface area contributed by atoms with Crippen molar-refractivity contribution in [3.63, 3.8) is 0 Å². The van der Waals surface area contributed by atoms with Gasteiger partial charge in [-0.1, -0.05) is 18.2 Å². The number of aliphatic hydroxyl groups is 1. The first-order chi connectivity index (χ1) is 9.15. The molecule has 3 rings (SSSR count). The highest BCUT2D eigenvalue weighted by Crippen LogP contribution is 2.28. The van der Waals surface area contributed by atoms with Crippen LogP contribution >= 0.6 is 0 Å². The molecule has 2 heterocycles. The Morgan fingerprint density at radius 1 is 1.42 bits per heavy atom. The summed E-state index contributed by atoms with van der Waals surface area (Å²) in [6.45, 7) is 1.86. The summed E-state index contributed by atoms with van der Waals surface area (Å²) in [4.78, 5) is 13.3. The second kappa shape index (κ2) is 4.68. The number of carboxylic acids is 1. The maximum atomic E-state index is 11.3. The molecule has 1 aliphatic rings. The molecule has 5 nitrogen and oxygen atoms in total. The van der Waals surface area contributed by atoms with Crippen LogP contribution in [0.3, 0.4) is 0 Å². The zero-order valence-electron chi connectivity index (χ0n) is 10.4. The van der Waals surface area contributed by atoms with Gasteiger partial charge in [0.05, 0.1) is 6.10 Å². The van der Waals surface area contributed by atoms with Crippen molar-refractivity contribution in [2.24, 2.45) is 0 Å². The third-order valence-corrected chi connectivity index (χ3v) is 3.52. The molecule has 0 aliphatic carbocycles. The van der Waals surface area contributed by atoms with Gasteiger partial charge in [-0.15, -0.1) is 0 Å². The van der Waals surface area contributed by atoms with Gasteiger partial charge in [-0.25, -0.2) is 4.79 Å². The number of furan rings is 1. The predicted octanol–water partition coefficient (Wildman–Crippen LogP) is 1.70. The quantitative estimate of drug-likeness (QED) is 0.879. The fraction of sp³-hybridized carbons (Fsp3) is 0.357. The maximum Gasteiger partial charge on any atom is 0.372 e. The van der Waals surface area contributed by atoms with Crippen molar-refractivity contribution >= 4 is 16.9 Å². The number of carbonyl (C=O) groups is 1. The number of benzene rings is 1. The van der Waals surface area contributed by atoms with Crippen LogP contribution in [-0.2, 0) is 6.54 Å². The molecule has 0 bridgehead atoms. The van der Waals surface area contributed by atoms with E-state index in [4.69, 9.17) is 4.42 Å². The van der Waals surface area contributed by atoms with E-state index in [1.807, 2.05) is 18.2 Å². The van der Waals surface area contributed by atoms with Crippen LogP contribution in [0.4, 0.5) is 0 Å². The van der Waals surface area contributed by atoms with Gasteiger partial charge in [0.1, 0.15) is 5.58 Å². The molecule has 0 spiro atoms. The van der Waals surface area contributed by atoms with Gasteiger partial charge in [0, 0.05) is 30.6 Å². The van der Waals surface area contributed by atoms with Gasteiger partial charge in [0.15, 0.2) is 0 Å². The van der Waals surface area contributed by atoms with E-state index in [0.717, 1.165) is 18.4 Å². The lowest BCUT2D eigenvalue weighted by atomic mass is 10.1. The number of aliphatic hydroxyl groups excluding tert-OH is 1. The lowest BCUT2D eigenvalue weighted by Gasteiger charge is -2.14. The first-order valence-corrected chi connectivity index (χ1v) is 6.29. The summed E-state index contributed by atoms with van der Waals surface area (Å²) >= 11 is 0. The molecular formula is C14H15NO4. The predicted molar refractivity (Wildman–Crippen MR) is 69.1 cm³/mol. The minimum atomic E-state index is -1.05. The number of nitrogens with zero attached hydrogens (tertiary/aromatic N) is 1. The van der Waals surface area contributed by atoms with Crippen molar-refractivity contribution < 1.29 is 19.4 Å². The Morgan fingerprint density at radius 2 is 2.21 bits per heavy atom. The fourth-order valence-electron chi connectivity index (χ4n) is 2.61. The van der Waals surface area contributed by atoms with Crippen LogP contribution in [0.1, 0.15) is 22.5 Å². The number of hydrogen-bond donors (Lipinski definition) is 2. The van der Waals surface area contributed by atoms with Gasteiger partial charge in [-0.2, -0.15) is 0 Å². The largest absolute Gasteiger partial charge is 0.475 e. The Kier molecular flexibility index (Phi) is 3.00. The number of hydrogen-bond acceptors (Lipinski definition) is 4. The van der Waals surface area contributed by atoms with Crippen molar-refractivity contribution in [3.05, 3.63) is 35.6 Å². The summed E-state index contributed by atoms with van der Waals surface area (Å²) < 4.78 is 5.41. The van der Waals surface area contributed by atoms with E-state index in [1.165, 1.54) is 0 Å². The van der Waals surface area contributed by atoms with E-state index in [1.54, 1.807) is 6.07 Å². The van der Waals surface area contributed by atoms with Crippen molar-refractivity contribution in [2.45, 2.75) is 19.1 Å². The van der Waals surface area contributed by atoms with E-state index in [9.17, 15) is 15.0 Å². The molecule has 1 fully saturated rings. The van der Waals surface area contributed by atoms with Crippen LogP contribution in [0.2, 0.25) is 0 Å². The Labute approximate surface area is 110 Å². The summed E-state index contributed by atoms with van der Waals surface area (Å²) in [5, 5.41) is 19.6. The normalized spacial score (nSPS) is 20.2. The first-order valence-electron chi connectivity index (χ1n) is 6.29. The molecule has 19 heavy (non-hydrogen) atoms. The molecule has 1 aromatic carbocycles. The third-order valence-electron chi connectivity index (χ3n) is 3.52. The van der Waals surface area contributed by atoms with Crippen LogP contribution in [-0.4, -0.2) is 40.3 Å². The van der Waals surface area contributed by atoms with Gasteiger partial charge in [-0.3, -0.25) is 4.90 Å². The summed E-state index contributed by atoms with van der Waals surface area (Å²) in [7, 11) is 0. The fourth-order valence-corrected chi connectivity index (χ4v) is 2.61. The highest BCUT2D eigenvalue weighted by molar-refractivity contribution is 5.95. The second-order valence-electron chi connectivity index (χ2n) is 4.89. The van der Waals surface area contributed by atoms with Crippen molar-refractivity contribution in [1.29, 1.82) is 0 Å². The molecule has 2 N–H and O–H groups in total. The van der Waals surface area contributed by atoms with Crippen molar-refractivity contribution in [3.8, 4) is 0 Å². The van der Waals surface area contributed by atoms with Crippen LogP contribution in [0.15, 0.2) is 28.7 Å². The lowest BCUT2D eigenvalue weighted by Crippen LogP contribution is -2.22. The van der Waals surface area contributed by atoms with E-state index < -0.39 is 5.97 Å². The van der Waals surface area contributed by atoms with Crippen LogP contribution in [0, 0.1) is 0 Å². The van der Waals surface area contributed by atoms with Gasteiger partial charge in [-0.05, 0) is 12.5 Å². The average molecular weight is 261 g/mol. The molecule has 1 unspecified atom stereocenters. The van der Waals surface area contributed by atoms with E-state index in [0.29, 0.717) is 24.2 Å². The smallest absolute Gasteiger partial charge is 0.372 e. The number of fused-ring (bicyclic) bond motifs is 1. The minimum Gasteiger partial charge on any atom is -0.475 e. The van der Waals surface area contributed by atoms with Crippen LogP contribution in [0.5, 0.6) is 0 Å². The Morgan fingerprint density at radius 3 is 2.89 bits per heavy atom. The topological polar surface area (TPSA) is 73.9 Å². The highest BCUT2D eigenvalue weighted by Gasteiger charge is 2.25. The molecule has 1 aliphatic heterocycles. The molecule has 1 atom stereocenters. The van der Waals surface area contributed by atoms with Crippen molar-refractivity contribution in [2.75, 3.05) is 13.1 Å². The highest BCUT2D eigenvalue weighted by atomic mass is 16.4. The Hall–Kier alpha value is -1.85. The zero-order valence-corrected chi connectivity index (χ0v) is 10.4. The van der Waals surface area contributed by atoms with Gasteiger partial charge >= 0.3 is 5.97 Å². The number of likely N-dealkylation sites (tertiary alicyclic amines) is 1. The summed E-state index contributed by atoms with van der Waals surface area (Å²) in [6.07, 6.45) is 0.421. The molecule has 5 heteroatoms. The van der Waals surface area contributed by atoms with E-state index in [2.05, 4.69) is 4.90 Å². The molecule has 0 amide bonds. The molecule has 1 aromatic heterocycles. The Balaban J connectivity index is 2.00. The van der Waals surface area contributed by atoms with Crippen molar-refractivity contribution in [1.82, 2.24) is 4.90 Å². The van der Waals surface area contributed by atoms with Gasteiger partial charge in [0.25, 0.3) is 0 Å². The standard InChI is InChI=1S/C14H15NO4/c16-9-5-6-15(7-9)8-11-10-3-1-2-4-12(10)19-13(11)14(17)18/h1-4,9,16H,5-8H2,(H,17,18). The van der Waals surface area contributed by atoms with E-state index in [-0.39, 0.29) is 11.9 Å². The number of β-amino-alcohol motifs (C(OH)–C–C–N with tert-alkyl or cyclic N) is 1. The molecule has 100 valence electrons. The first kappa shape index (κ1) is 12.2. The average Bonchev–Trinajstić information content (AvgIpc) is 2.95. The van der Waals surface area contributed by atoms with Gasteiger partial charge in [0.2, 0.25) is 5.76 Å². The molecule has 0 saturated carbocycles. The molecule has 0 radical (unpaired) electrons. The number of carboxylic acid groups (broad SMARTS) is 1. The number of para-hydroxylation sites is 1. The zero-order chi connectivity index (χ0) is 13.4. The Bertz CT molecular complexity index is 619. The number of aromatic carboxylic acids is 1. The SMILES string of the molecule is O=C(O)c1oc2ccccc2c1CN1CCC(O)C1. The van der Waals surface area contributed by atoms with Crippen LogP contribution < -0.4 is 0 Å². The van der Waals surface area contributed by atoms with Crippen LogP contribution in [0.25, 0.3) is 11.0 Å². The van der Waals surface area contributed by atoms with E-state index >= 15 is 0 Å². The summed E-state index contributed by atoms with van der Waals surface area (Å²) in [6, 6.07) is 7.32. The lowest BCUT2D eigenvalue weighted by molar-refractivity contribution is 0.0662. The van der Waals surface area contributed by atoms with Gasteiger partial charge < -0.3 is 14.6 Å². The minimum absolute atomic E-state index is 0.00240. The summed E-state index contributed by atoms with van der Waals surface area (Å²) in [5.41, 5.74) is 1.28. The third kappa shape index (κ3) is 2.22. The monoisotopic (exact) mass is 261 g/mol. The second-order valence-corrected chi connectivity index (χ2v) is 4.89.